The normalized spacial score (nSPS) is 17.3. The summed E-state index contributed by atoms with van der Waals surface area (Å²) in [5.41, 5.74) is 11.7. The van der Waals surface area contributed by atoms with Gasteiger partial charge in [-0.3, -0.25) is 4.68 Å². The fourth-order valence-corrected chi connectivity index (χ4v) is 5.31. The van der Waals surface area contributed by atoms with Crippen LogP contribution in [0, 0.1) is 6.92 Å². The molecule has 4 aromatic rings. The standard InChI is InChI=1S/C29H31N5O3/c1-20-25(18-34(33-20)22-11-13-29(14-12-22)36-15-16-37-29)24-17-26(31-32-28(24)30)23-9-5-6-10-27(23)35-19-21-7-3-2-4-8-21/h2-10,17-18,22H,11-16,19H2,1H3,(H2,30,32). The van der Waals surface area contributed by atoms with Crippen LogP contribution < -0.4 is 10.5 Å². The van der Waals surface area contributed by atoms with Crippen LogP contribution in [-0.2, 0) is 16.1 Å². The number of anilines is 1. The van der Waals surface area contributed by atoms with Gasteiger partial charge in [-0.2, -0.15) is 5.10 Å². The number of hydrogen-bond acceptors (Lipinski definition) is 7. The first kappa shape index (κ1) is 23.6. The topological polar surface area (TPSA) is 97.3 Å². The Balaban J connectivity index is 1.25. The predicted octanol–water partition coefficient (Wildman–Crippen LogP) is 5.33. The number of aromatic nitrogens is 4. The van der Waals surface area contributed by atoms with Gasteiger partial charge in [0.05, 0.1) is 30.6 Å². The Kier molecular flexibility index (Phi) is 6.36. The molecule has 1 saturated heterocycles. The van der Waals surface area contributed by atoms with Crippen LogP contribution in [0.2, 0.25) is 0 Å². The van der Waals surface area contributed by atoms with Crippen molar-refractivity contribution in [2.24, 2.45) is 0 Å². The van der Waals surface area contributed by atoms with Gasteiger partial charge in [0, 0.05) is 35.7 Å². The molecule has 1 aliphatic heterocycles. The molecule has 3 heterocycles. The molecular formula is C29H31N5O3. The summed E-state index contributed by atoms with van der Waals surface area (Å²) >= 11 is 0. The van der Waals surface area contributed by atoms with Crippen LogP contribution in [0.5, 0.6) is 5.75 Å². The lowest BCUT2D eigenvalue weighted by molar-refractivity contribution is -0.181. The second-order valence-electron chi connectivity index (χ2n) is 9.75. The highest BCUT2D eigenvalue weighted by Crippen LogP contribution is 2.41. The zero-order chi connectivity index (χ0) is 25.2. The number of para-hydroxylation sites is 1. The molecule has 1 spiro atoms. The summed E-state index contributed by atoms with van der Waals surface area (Å²) in [6, 6.07) is 20.3. The summed E-state index contributed by atoms with van der Waals surface area (Å²) in [5.74, 6) is 0.743. The molecule has 0 radical (unpaired) electrons. The van der Waals surface area contributed by atoms with Gasteiger partial charge in [-0.15, -0.1) is 10.2 Å². The van der Waals surface area contributed by atoms with Crippen LogP contribution in [0.1, 0.15) is 43.0 Å². The monoisotopic (exact) mass is 497 g/mol. The van der Waals surface area contributed by atoms with Gasteiger partial charge in [0.2, 0.25) is 0 Å². The summed E-state index contributed by atoms with van der Waals surface area (Å²) in [6.45, 7) is 3.85. The van der Waals surface area contributed by atoms with Gasteiger partial charge in [0.1, 0.15) is 12.4 Å². The lowest BCUT2D eigenvalue weighted by Crippen LogP contribution is -2.35. The van der Waals surface area contributed by atoms with Crippen molar-refractivity contribution in [1.29, 1.82) is 0 Å². The average molecular weight is 498 g/mol. The molecule has 37 heavy (non-hydrogen) atoms. The molecule has 0 unspecified atom stereocenters. The minimum Gasteiger partial charge on any atom is -0.488 e. The molecule has 8 nitrogen and oxygen atoms in total. The van der Waals surface area contributed by atoms with E-state index in [1.807, 2.05) is 67.6 Å². The van der Waals surface area contributed by atoms with E-state index in [2.05, 4.69) is 21.1 Å². The molecule has 0 bridgehead atoms. The predicted molar refractivity (Wildman–Crippen MR) is 141 cm³/mol. The van der Waals surface area contributed by atoms with Gasteiger partial charge in [-0.1, -0.05) is 42.5 Å². The summed E-state index contributed by atoms with van der Waals surface area (Å²) in [7, 11) is 0. The molecule has 6 rings (SSSR count). The van der Waals surface area contributed by atoms with Crippen LogP contribution in [0.25, 0.3) is 22.4 Å². The SMILES string of the molecule is Cc1nn(C2CCC3(CC2)OCCO3)cc1-c1cc(-c2ccccc2OCc2ccccc2)nnc1N. The van der Waals surface area contributed by atoms with E-state index in [0.717, 1.165) is 59.4 Å². The third kappa shape index (κ3) is 4.82. The van der Waals surface area contributed by atoms with E-state index in [9.17, 15) is 0 Å². The minimum atomic E-state index is -0.383. The van der Waals surface area contributed by atoms with Crippen molar-refractivity contribution in [2.75, 3.05) is 18.9 Å². The summed E-state index contributed by atoms with van der Waals surface area (Å²) in [4.78, 5) is 0. The van der Waals surface area contributed by atoms with Gasteiger partial charge in [-0.25, -0.2) is 0 Å². The third-order valence-corrected chi connectivity index (χ3v) is 7.33. The van der Waals surface area contributed by atoms with E-state index >= 15 is 0 Å². The molecule has 2 N–H and O–H groups in total. The Morgan fingerprint density at radius 3 is 2.46 bits per heavy atom. The maximum Gasteiger partial charge on any atom is 0.168 e. The molecular weight excluding hydrogens is 466 g/mol. The first-order valence-corrected chi connectivity index (χ1v) is 12.8. The molecule has 1 saturated carbocycles. The van der Waals surface area contributed by atoms with Crippen molar-refractivity contribution >= 4 is 5.82 Å². The zero-order valence-corrected chi connectivity index (χ0v) is 21.0. The third-order valence-electron chi connectivity index (χ3n) is 7.33. The van der Waals surface area contributed by atoms with Crippen molar-refractivity contribution in [2.45, 2.75) is 51.0 Å². The molecule has 2 aromatic heterocycles. The second kappa shape index (κ2) is 9.95. The highest BCUT2D eigenvalue weighted by Gasteiger charge is 2.41. The quantitative estimate of drug-likeness (QED) is 0.384. The van der Waals surface area contributed by atoms with Crippen LogP contribution in [0.15, 0.2) is 66.9 Å². The van der Waals surface area contributed by atoms with E-state index in [1.54, 1.807) is 0 Å². The molecule has 190 valence electrons. The first-order valence-electron chi connectivity index (χ1n) is 12.8. The van der Waals surface area contributed by atoms with E-state index in [0.29, 0.717) is 37.4 Å². The van der Waals surface area contributed by atoms with Gasteiger partial charge < -0.3 is 19.9 Å². The number of rotatable bonds is 6. The van der Waals surface area contributed by atoms with Crippen molar-refractivity contribution < 1.29 is 14.2 Å². The Morgan fingerprint density at radius 2 is 1.68 bits per heavy atom. The average Bonchev–Trinajstić information content (AvgIpc) is 3.55. The smallest absolute Gasteiger partial charge is 0.168 e. The number of nitrogen functional groups attached to an aromatic ring is 1. The van der Waals surface area contributed by atoms with Crippen molar-refractivity contribution in [3.8, 4) is 28.1 Å². The number of benzene rings is 2. The highest BCUT2D eigenvalue weighted by molar-refractivity contribution is 5.79. The number of aryl methyl sites for hydroxylation is 1. The second-order valence-corrected chi connectivity index (χ2v) is 9.75. The fraction of sp³-hybridized carbons (Fsp3) is 0.345. The fourth-order valence-electron chi connectivity index (χ4n) is 5.31. The van der Waals surface area contributed by atoms with E-state index in [-0.39, 0.29) is 5.79 Å². The summed E-state index contributed by atoms with van der Waals surface area (Å²) in [6.07, 6.45) is 5.77. The van der Waals surface area contributed by atoms with Crippen LogP contribution >= 0.6 is 0 Å². The first-order chi connectivity index (χ1) is 18.1. The lowest BCUT2D eigenvalue weighted by Gasteiger charge is -2.35. The molecule has 1 aliphatic carbocycles. The van der Waals surface area contributed by atoms with Crippen molar-refractivity contribution in [1.82, 2.24) is 20.0 Å². The zero-order valence-electron chi connectivity index (χ0n) is 21.0. The molecule has 2 aromatic carbocycles. The van der Waals surface area contributed by atoms with Gasteiger partial charge >= 0.3 is 0 Å². The number of hydrogen-bond donors (Lipinski definition) is 1. The Labute approximate surface area is 216 Å². The lowest BCUT2D eigenvalue weighted by atomic mass is 9.90. The van der Waals surface area contributed by atoms with Gasteiger partial charge in [0.15, 0.2) is 11.6 Å². The van der Waals surface area contributed by atoms with E-state index < -0.39 is 0 Å². The molecule has 2 aliphatic rings. The van der Waals surface area contributed by atoms with E-state index in [4.69, 9.17) is 25.0 Å². The van der Waals surface area contributed by atoms with E-state index in [1.165, 1.54) is 0 Å². The van der Waals surface area contributed by atoms with Crippen molar-refractivity contribution in [3.05, 3.63) is 78.1 Å². The molecule has 0 atom stereocenters. The highest BCUT2D eigenvalue weighted by atomic mass is 16.7. The van der Waals surface area contributed by atoms with Crippen LogP contribution in [-0.4, -0.2) is 39.0 Å². The van der Waals surface area contributed by atoms with Gasteiger partial charge in [0.25, 0.3) is 0 Å². The Morgan fingerprint density at radius 1 is 0.946 bits per heavy atom. The molecule has 0 amide bonds. The number of nitrogens with zero attached hydrogens (tertiary/aromatic N) is 4. The van der Waals surface area contributed by atoms with Crippen LogP contribution in [0.4, 0.5) is 5.82 Å². The molecule has 2 fully saturated rings. The summed E-state index contributed by atoms with van der Waals surface area (Å²) in [5, 5.41) is 13.6. The van der Waals surface area contributed by atoms with Crippen LogP contribution in [0.3, 0.4) is 0 Å². The maximum absolute atomic E-state index is 6.33. The maximum atomic E-state index is 6.33. The summed E-state index contributed by atoms with van der Waals surface area (Å²) < 4.78 is 20.0. The Hall–Kier alpha value is -3.75. The van der Waals surface area contributed by atoms with Gasteiger partial charge in [-0.05, 0) is 43.5 Å². The largest absolute Gasteiger partial charge is 0.488 e. The van der Waals surface area contributed by atoms with Crippen molar-refractivity contribution in [3.63, 3.8) is 0 Å². The Bertz CT molecular complexity index is 1370. The number of ether oxygens (including phenoxy) is 3. The number of nitrogens with two attached hydrogens (primary N) is 1. The minimum absolute atomic E-state index is 0.300. The molecule has 8 heteroatoms.